The van der Waals surface area contributed by atoms with Crippen LogP contribution in [0.3, 0.4) is 0 Å². The number of ether oxygens (including phenoxy) is 1. The van der Waals surface area contributed by atoms with E-state index in [0.717, 1.165) is 35.0 Å². The van der Waals surface area contributed by atoms with Crippen LogP contribution >= 0.6 is 11.3 Å². The molecule has 122 valence electrons. The van der Waals surface area contributed by atoms with E-state index in [0.29, 0.717) is 17.9 Å². The largest absolute Gasteiger partial charge is 0.453 e. The Morgan fingerprint density at radius 3 is 2.58 bits per heavy atom. The number of aromatic nitrogens is 4. The number of rotatable bonds is 6. The van der Waals surface area contributed by atoms with Crippen molar-refractivity contribution in [2.24, 2.45) is 0 Å². The average Bonchev–Trinajstić information content (AvgIpc) is 3.23. The number of benzene rings is 1. The predicted molar refractivity (Wildman–Crippen MR) is 91.2 cm³/mol. The Morgan fingerprint density at radius 1 is 1.21 bits per heavy atom. The van der Waals surface area contributed by atoms with Crippen molar-refractivity contribution in [2.45, 2.75) is 33.2 Å². The second kappa shape index (κ2) is 7.23. The van der Waals surface area contributed by atoms with Crippen molar-refractivity contribution in [2.75, 3.05) is 0 Å². The van der Waals surface area contributed by atoms with Gasteiger partial charge in [-0.2, -0.15) is 10.4 Å². The van der Waals surface area contributed by atoms with Crippen molar-refractivity contribution in [3.8, 4) is 17.6 Å². The molecule has 0 bridgehead atoms. The maximum atomic E-state index is 8.89. The van der Waals surface area contributed by atoms with Crippen LogP contribution in [0.2, 0.25) is 0 Å². The van der Waals surface area contributed by atoms with Gasteiger partial charge >= 0.3 is 0 Å². The SMILES string of the molecule is CCc1nn(Cc2nncs2)c(CC)c1Oc1ccc(C#N)cc1. The summed E-state index contributed by atoms with van der Waals surface area (Å²) < 4.78 is 8.04. The highest BCUT2D eigenvalue weighted by atomic mass is 32.1. The third-order valence-electron chi connectivity index (χ3n) is 3.64. The second-order valence-corrected chi connectivity index (χ2v) is 6.08. The van der Waals surface area contributed by atoms with Gasteiger partial charge in [0.05, 0.1) is 23.9 Å². The average molecular weight is 339 g/mol. The van der Waals surface area contributed by atoms with E-state index < -0.39 is 0 Å². The molecule has 0 N–H and O–H groups in total. The molecule has 0 unspecified atom stereocenters. The molecular weight excluding hydrogens is 322 g/mol. The summed E-state index contributed by atoms with van der Waals surface area (Å²) in [5.41, 5.74) is 4.28. The molecule has 0 saturated heterocycles. The van der Waals surface area contributed by atoms with Crippen molar-refractivity contribution in [3.05, 3.63) is 51.7 Å². The van der Waals surface area contributed by atoms with E-state index in [4.69, 9.17) is 10.00 Å². The number of hydrogen-bond donors (Lipinski definition) is 0. The fourth-order valence-electron chi connectivity index (χ4n) is 2.47. The lowest BCUT2D eigenvalue weighted by Gasteiger charge is -2.08. The summed E-state index contributed by atoms with van der Waals surface area (Å²) in [6, 6.07) is 9.21. The molecule has 3 aromatic rings. The van der Waals surface area contributed by atoms with Gasteiger partial charge in [-0.3, -0.25) is 4.68 Å². The Bertz CT molecular complexity index is 846. The maximum Gasteiger partial charge on any atom is 0.171 e. The number of hydrogen-bond acceptors (Lipinski definition) is 6. The third kappa shape index (κ3) is 3.29. The molecule has 0 radical (unpaired) electrons. The van der Waals surface area contributed by atoms with Crippen LogP contribution in [0.4, 0.5) is 0 Å². The highest BCUT2D eigenvalue weighted by molar-refractivity contribution is 7.09. The Labute approximate surface area is 144 Å². The first-order valence-electron chi connectivity index (χ1n) is 7.76. The Balaban J connectivity index is 1.93. The van der Waals surface area contributed by atoms with Crippen LogP contribution in [0.5, 0.6) is 11.5 Å². The van der Waals surface area contributed by atoms with Gasteiger partial charge in [-0.1, -0.05) is 13.8 Å². The van der Waals surface area contributed by atoms with Crippen LogP contribution in [0.15, 0.2) is 29.8 Å². The van der Waals surface area contributed by atoms with E-state index in [1.54, 1.807) is 29.8 Å². The molecule has 0 atom stereocenters. The van der Waals surface area contributed by atoms with Gasteiger partial charge in [0.1, 0.15) is 22.0 Å². The molecule has 0 spiro atoms. The van der Waals surface area contributed by atoms with Crippen LogP contribution in [0.25, 0.3) is 0 Å². The lowest BCUT2D eigenvalue weighted by molar-refractivity contribution is 0.469. The van der Waals surface area contributed by atoms with Gasteiger partial charge in [-0.05, 0) is 37.1 Å². The molecule has 2 heterocycles. The minimum Gasteiger partial charge on any atom is -0.453 e. The van der Waals surface area contributed by atoms with Crippen LogP contribution in [-0.4, -0.2) is 20.0 Å². The van der Waals surface area contributed by atoms with Crippen LogP contribution in [0.1, 0.15) is 35.8 Å². The van der Waals surface area contributed by atoms with E-state index in [1.807, 2.05) is 4.68 Å². The minimum atomic E-state index is 0.595. The van der Waals surface area contributed by atoms with Crippen molar-refractivity contribution >= 4 is 11.3 Å². The zero-order valence-electron chi connectivity index (χ0n) is 13.6. The molecule has 7 heteroatoms. The summed E-state index contributed by atoms with van der Waals surface area (Å²) in [5, 5.41) is 22.5. The van der Waals surface area contributed by atoms with Gasteiger partial charge in [-0.25, -0.2) is 0 Å². The van der Waals surface area contributed by atoms with E-state index in [-0.39, 0.29) is 0 Å². The van der Waals surface area contributed by atoms with Crippen LogP contribution in [-0.2, 0) is 19.4 Å². The number of aryl methyl sites for hydroxylation is 1. The molecule has 0 aliphatic carbocycles. The van der Waals surface area contributed by atoms with Gasteiger partial charge in [0.2, 0.25) is 0 Å². The maximum absolute atomic E-state index is 8.89. The van der Waals surface area contributed by atoms with E-state index in [1.165, 1.54) is 11.3 Å². The molecule has 0 saturated carbocycles. The molecule has 0 aliphatic heterocycles. The Hall–Kier alpha value is -2.72. The number of nitrogens with zero attached hydrogens (tertiary/aromatic N) is 5. The molecule has 0 amide bonds. The molecule has 3 rings (SSSR count). The summed E-state index contributed by atoms with van der Waals surface area (Å²) in [5.74, 6) is 1.50. The van der Waals surface area contributed by atoms with Gasteiger partial charge in [-0.15, -0.1) is 21.5 Å². The van der Waals surface area contributed by atoms with Crippen molar-refractivity contribution in [1.82, 2.24) is 20.0 Å². The molecule has 1 aromatic carbocycles. The standard InChI is InChI=1S/C17H17N5OS/c1-3-14-17(23-13-7-5-12(9-18)6-8-13)15(4-2)22(21-14)10-16-20-19-11-24-16/h5-8,11H,3-4,10H2,1-2H3. The van der Waals surface area contributed by atoms with Gasteiger partial charge in [0.25, 0.3) is 0 Å². The topological polar surface area (TPSA) is 76.6 Å². The fraction of sp³-hybridized carbons (Fsp3) is 0.294. The van der Waals surface area contributed by atoms with Crippen molar-refractivity contribution in [3.63, 3.8) is 0 Å². The van der Waals surface area contributed by atoms with Crippen molar-refractivity contribution < 1.29 is 4.74 Å². The fourth-order valence-corrected chi connectivity index (χ4v) is 2.97. The highest BCUT2D eigenvalue weighted by Crippen LogP contribution is 2.31. The lowest BCUT2D eigenvalue weighted by atomic mass is 10.2. The molecule has 24 heavy (non-hydrogen) atoms. The summed E-state index contributed by atoms with van der Waals surface area (Å²) in [6.07, 6.45) is 1.58. The van der Waals surface area contributed by atoms with Crippen LogP contribution in [0, 0.1) is 11.3 Å². The molecule has 6 nitrogen and oxygen atoms in total. The zero-order valence-corrected chi connectivity index (χ0v) is 14.4. The third-order valence-corrected chi connectivity index (χ3v) is 4.32. The highest BCUT2D eigenvalue weighted by Gasteiger charge is 2.18. The Kier molecular flexibility index (Phi) is 4.87. The van der Waals surface area contributed by atoms with E-state index >= 15 is 0 Å². The first-order valence-corrected chi connectivity index (χ1v) is 8.64. The monoisotopic (exact) mass is 339 g/mol. The molecule has 0 fully saturated rings. The van der Waals surface area contributed by atoms with E-state index in [2.05, 4.69) is 35.2 Å². The second-order valence-electron chi connectivity index (χ2n) is 5.16. The molecule has 0 aliphatic rings. The minimum absolute atomic E-state index is 0.595. The Morgan fingerprint density at radius 2 is 2.00 bits per heavy atom. The van der Waals surface area contributed by atoms with Gasteiger partial charge in [0, 0.05) is 0 Å². The molecule has 2 aromatic heterocycles. The van der Waals surface area contributed by atoms with Crippen LogP contribution < -0.4 is 4.74 Å². The van der Waals surface area contributed by atoms with Gasteiger partial charge < -0.3 is 4.74 Å². The summed E-state index contributed by atoms with van der Waals surface area (Å²) in [7, 11) is 0. The normalized spacial score (nSPS) is 10.5. The first-order chi connectivity index (χ1) is 11.7. The first kappa shape index (κ1) is 16.1. The van der Waals surface area contributed by atoms with Crippen molar-refractivity contribution in [1.29, 1.82) is 5.26 Å². The lowest BCUT2D eigenvalue weighted by Crippen LogP contribution is -2.06. The number of nitriles is 1. The summed E-state index contributed by atoms with van der Waals surface area (Å²) in [4.78, 5) is 0. The zero-order chi connectivity index (χ0) is 16.9. The smallest absolute Gasteiger partial charge is 0.171 e. The summed E-state index contributed by atoms with van der Waals surface area (Å²) in [6.45, 7) is 4.74. The van der Waals surface area contributed by atoms with E-state index in [9.17, 15) is 0 Å². The summed E-state index contributed by atoms with van der Waals surface area (Å²) >= 11 is 1.51. The van der Waals surface area contributed by atoms with Gasteiger partial charge in [0.15, 0.2) is 5.75 Å². The predicted octanol–water partition coefficient (Wildman–Crippen LogP) is 3.57. The molecular formula is C17H17N5OS. The quantitative estimate of drug-likeness (QED) is 0.686.